The first-order valence-corrected chi connectivity index (χ1v) is 4.26. The van der Waals surface area contributed by atoms with E-state index in [0.717, 1.165) is 0 Å². The SMILES string of the molecule is C[C@@H](COc1ccccc1)OC(=O)O. The second kappa shape index (κ2) is 5.11. The highest BCUT2D eigenvalue weighted by Gasteiger charge is 2.07. The summed E-state index contributed by atoms with van der Waals surface area (Å²) in [6.45, 7) is 1.85. The van der Waals surface area contributed by atoms with Gasteiger partial charge in [0.25, 0.3) is 0 Å². The first kappa shape index (κ1) is 10.4. The molecular formula is C10H12O4. The van der Waals surface area contributed by atoms with Crippen molar-refractivity contribution in [2.45, 2.75) is 13.0 Å². The quantitative estimate of drug-likeness (QED) is 0.749. The molecule has 14 heavy (non-hydrogen) atoms. The maximum Gasteiger partial charge on any atom is 0.506 e. The summed E-state index contributed by atoms with van der Waals surface area (Å²) in [7, 11) is 0. The summed E-state index contributed by atoms with van der Waals surface area (Å²) in [6, 6.07) is 9.17. The summed E-state index contributed by atoms with van der Waals surface area (Å²) in [5, 5.41) is 8.30. The lowest BCUT2D eigenvalue weighted by molar-refractivity contribution is 0.0380. The summed E-state index contributed by atoms with van der Waals surface area (Å²) in [4.78, 5) is 10.1. The van der Waals surface area contributed by atoms with E-state index in [-0.39, 0.29) is 6.61 Å². The molecule has 1 rings (SSSR count). The van der Waals surface area contributed by atoms with Crippen LogP contribution in [0.2, 0.25) is 0 Å². The van der Waals surface area contributed by atoms with E-state index in [9.17, 15) is 4.79 Å². The van der Waals surface area contributed by atoms with Gasteiger partial charge >= 0.3 is 6.16 Å². The number of hydrogen-bond donors (Lipinski definition) is 1. The van der Waals surface area contributed by atoms with E-state index >= 15 is 0 Å². The molecule has 0 saturated carbocycles. The van der Waals surface area contributed by atoms with Crippen molar-refractivity contribution in [2.75, 3.05) is 6.61 Å². The molecule has 0 heterocycles. The minimum atomic E-state index is -1.28. The first-order chi connectivity index (χ1) is 6.68. The fourth-order valence-corrected chi connectivity index (χ4v) is 0.936. The predicted octanol–water partition coefficient (Wildman–Crippen LogP) is 2.15. The molecule has 4 heteroatoms. The summed E-state index contributed by atoms with van der Waals surface area (Å²) in [5.41, 5.74) is 0. The molecule has 0 aliphatic rings. The third kappa shape index (κ3) is 3.80. The van der Waals surface area contributed by atoms with Gasteiger partial charge in [-0.15, -0.1) is 0 Å². The van der Waals surface area contributed by atoms with Gasteiger partial charge in [0.2, 0.25) is 0 Å². The zero-order valence-corrected chi connectivity index (χ0v) is 7.84. The minimum absolute atomic E-state index is 0.219. The van der Waals surface area contributed by atoms with Crippen molar-refractivity contribution in [3.63, 3.8) is 0 Å². The van der Waals surface area contributed by atoms with Crippen molar-refractivity contribution in [3.8, 4) is 5.75 Å². The Bertz CT molecular complexity index is 283. The lowest BCUT2D eigenvalue weighted by Crippen LogP contribution is -2.20. The van der Waals surface area contributed by atoms with Crippen molar-refractivity contribution in [1.82, 2.24) is 0 Å². The van der Waals surface area contributed by atoms with Gasteiger partial charge in [-0.05, 0) is 19.1 Å². The Morgan fingerprint density at radius 2 is 2.07 bits per heavy atom. The van der Waals surface area contributed by atoms with Crippen molar-refractivity contribution in [2.24, 2.45) is 0 Å². The molecule has 0 saturated heterocycles. The van der Waals surface area contributed by atoms with Gasteiger partial charge in [-0.2, -0.15) is 0 Å². The Balaban J connectivity index is 2.30. The van der Waals surface area contributed by atoms with Crippen molar-refractivity contribution in [1.29, 1.82) is 0 Å². The van der Waals surface area contributed by atoms with Gasteiger partial charge in [0.05, 0.1) is 0 Å². The Hall–Kier alpha value is -1.71. The average Bonchev–Trinajstić information content (AvgIpc) is 2.15. The van der Waals surface area contributed by atoms with Crippen LogP contribution in [0.1, 0.15) is 6.92 Å². The van der Waals surface area contributed by atoms with Crippen LogP contribution in [-0.4, -0.2) is 24.0 Å². The van der Waals surface area contributed by atoms with Crippen LogP contribution in [0.3, 0.4) is 0 Å². The normalized spacial score (nSPS) is 11.8. The monoisotopic (exact) mass is 196 g/mol. The first-order valence-electron chi connectivity index (χ1n) is 4.26. The van der Waals surface area contributed by atoms with E-state index < -0.39 is 12.3 Å². The highest BCUT2D eigenvalue weighted by Crippen LogP contribution is 2.08. The zero-order valence-electron chi connectivity index (χ0n) is 7.84. The molecule has 4 nitrogen and oxygen atoms in total. The van der Waals surface area contributed by atoms with Crippen LogP contribution < -0.4 is 4.74 Å². The van der Waals surface area contributed by atoms with Crippen LogP contribution >= 0.6 is 0 Å². The summed E-state index contributed by atoms with van der Waals surface area (Å²) >= 11 is 0. The molecule has 0 radical (unpaired) electrons. The number of carboxylic acid groups (broad SMARTS) is 1. The van der Waals surface area contributed by atoms with Gasteiger partial charge in [0.1, 0.15) is 18.5 Å². The molecule has 1 aromatic rings. The molecule has 0 aromatic heterocycles. The molecule has 0 amide bonds. The van der Waals surface area contributed by atoms with Gasteiger partial charge < -0.3 is 14.6 Å². The van der Waals surface area contributed by atoms with E-state index in [1.807, 2.05) is 18.2 Å². The van der Waals surface area contributed by atoms with Crippen molar-refractivity contribution in [3.05, 3.63) is 30.3 Å². The van der Waals surface area contributed by atoms with E-state index in [1.54, 1.807) is 19.1 Å². The maximum atomic E-state index is 10.1. The highest BCUT2D eigenvalue weighted by atomic mass is 16.7. The zero-order chi connectivity index (χ0) is 10.4. The molecule has 0 unspecified atom stereocenters. The van der Waals surface area contributed by atoms with E-state index in [2.05, 4.69) is 4.74 Å². The van der Waals surface area contributed by atoms with Gasteiger partial charge in [-0.1, -0.05) is 18.2 Å². The molecule has 1 aromatic carbocycles. The topological polar surface area (TPSA) is 55.8 Å². The molecule has 0 spiro atoms. The van der Waals surface area contributed by atoms with E-state index in [0.29, 0.717) is 5.75 Å². The van der Waals surface area contributed by atoms with Crippen LogP contribution in [0.4, 0.5) is 4.79 Å². The number of benzene rings is 1. The molecule has 0 aliphatic carbocycles. The number of ether oxygens (including phenoxy) is 2. The molecule has 1 atom stereocenters. The summed E-state index contributed by atoms with van der Waals surface area (Å²) in [6.07, 6.45) is -1.75. The predicted molar refractivity (Wildman–Crippen MR) is 50.5 cm³/mol. The van der Waals surface area contributed by atoms with Crippen LogP contribution in [0.5, 0.6) is 5.75 Å². The van der Waals surface area contributed by atoms with Crippen LogP contribution in [0.15, 0.2) is 30.3 Å². The maximum absolute atomic E-state index is 10.1. The van der Waals surface area contributed by atoms with Crippen molar-refractivity contribution < 1.29 is 19.4 Å². The Kier molecular flexibility index (Phi) is 3.79. The molecule has 1 N–H and O–H groups in total. The lowest BCUT2D eigenvalue weighted by Gasteiger charge is -2.11. The second-order valence-electron chi connectivity index (χ2n) is 2.82. The number of hydrogen-bond acceptors (Lipinski definition) is 3. The largest absolute Gasteiger partial charge is 0.506 e. The third-order valence-corrected chi connectivity index (χ3v) is 1.53. The van der Waals surface area contributed by atoms with Gasteiger partial charge in [-0.25, -0.2) is 4.79 Å². The number of rotatable bonds is 4. The van der Waals surface area contributed by atoms with Crippen molar-refractivity contribution >= 4 is 6.16 Å². The summed E-state index contributed by atoms with van der Waals surface area (Å²) < 4.78 is 9.74. The smallest absolute Gasteiger partial charge is 0.490 e. The highest BCUT2D eigenvalue weighted by molar-refractivity contribution is 5.57. The molecular weight excluding hydrogens is 184 g/mol. The molecule has 0 fully saturated rings. The second-order valence-corrected chi connectivity index (χ2v) is 2.82. The van der Waals surface area contributed by atoms with E-state index in [1.165, 1.54) is 0 Å². The van der Waals surface area contributed by atoms with Crippen LogP contribution in [0.25, 0.3) is 0 Å². The Labute approximate surface area is 82.1 Å². The van der Waals surface area contributed by atoms with Crippen LogP contribution in [-0.2, 0) is 4.74 Å². The molecule has 0 aliphatic heterocycles. The standard InChI is InChI=1S/C10H12O4/c1-8(14-10(11)12)7-13-9-5-3-2-4-6-9/h2-6,8H,7H2,1H3,(H,11,12)/t8-/m0/s1. The fourth-order valence-electron chi connectivity index (χ4n) is 0.936. The number of para-hydroxylation sites is 1. The molecule has 76 valence electrons. The van der Waals surface area contributed by atoms with Crippen LogP contribution in [0, 0.1) is 0 Å². The lowest BCUT2D eigenvalue weighted by atomic mass is 10.3. The molecule has 0 bridgehead atoms. The van der Waals surface area contributed by atoms with Gasteiger partial charge in [-0.3, -0.25) is 0 Å². The third-order valence-electron chi connectivity index (χ3n) is 1.53. The van der Waals surface area contributed by atoms with Gasteiger partial charge in [0.15, 0.2) is 0 Å². The average molecular weight is 196 g/mol. The number of carbonyl (C=O) groups is 1. The van der Waals surface area contributed by atoms with Gasteiger partial charge in [0, 0.05) is 0 Å². The Morgan fingerprint density at radius 3 is 2.64 bits per heavy atom. The van der Waals surface area contributed by atoms with E-state index in [4.69, 9.17) is 9.84 Å². The fraction of sp³-hybridized carbons (Fsp3) is 0.300. The summed E-state index contributed by atoms with van der Waals surface area (Å²) in [5.74, 6) is 0.702. The Morgan fingerprint density at radius 1 is 1.43 bits per heavy atom. The minimum Gasteiger partial charge on any atom is -0.490 e.